The summed E-state index contributed by atoms with van der Waals surface area (Å²) in [4.78, 5) is 5.79. The average Bonchev–Trinajstić information content (AvgIpc) is 3.13. The number of ether oxygens (including phenoxy) is 1. The lowest BCUT2D eigenvalue weighted by Crippen LogP contribution is -2.39. The molecule has 1 aromatic heterocycles. The van der Waals surface area contributed by atoms with Crippen LogP contribution < -0.4 is 10.6 Å². The maximum atomic E-state index is 5.34. The van der Waals surface area contributed by atoms with E-state index in [2.05, 4.69) is 39.9 Å². The first-order valence-corrected chi connectivity index (χ1v) is 9.08. The number of nitrogens with one attached hydrogen (secondary N) is 2. The Bertz CT molecular complexity index is 579. The van der Waals surface area contributed by atoms with E-state index in [4.69, 9.17) is 9.15 Å². The van der Waals surface area contributed by atoms with E-state index in [-0.39, 0.29) is 24.0 Å². The Hall–Kier alpha value is -1.19. The summed E-state index contributed by atoms with van der Waals surface area (Å²) in [5.41, 5.74) is 0. The number of benzene rings is 1. The fraction of sp³-hybridized carbons (Fsp3) is 0.389. The van der Waals surface area contributed by atoms with E-state index in [1.807, 2.05) is 30.0 Å². The second-order valence-electron chi connectivity index (χ2n) is 5.07. The third-order valence-electron chi connectivity index (χ3n) is 3.22. The van der Waals surface area contributed by atoms with Crippen molar-refractivity contribution in [1.29, 1.82) is 0 Å². The molecule has 0 unspecified atom stereocenters. The minimum absolute atomic E-state index is 0. The van der Waals surface area contributed by atoms with E-state index >= 15 is 0 Å². The van der Waals surface area contributed by atoms with E-state index < -0.39 is 0 Å². The molecule has 0 atom stereocenters. The lowest BCUT2D eigenvalue weighted by molar-refractivity contribution is 0.208. The Morgan fingerprint density at radius 1 is 1.12 bits per heavy atom. The molecule has 0 aliphatic heterocycles. The molecule has 0 fully saturated rings. The number of halogens is 1. The smallest absolute Gasteiger partial charge is 0.191 e. The summed E-state index contributed by atoms with van der Waals surface area (Å²) in [7, 11) is 1.68. The molecule has 0 aliphatic carbocycles. The zero-order valence-corrected chi connectivity index (χ0v) is 17.6. The summed E-state index contributed by atoms with van der Waals surface area (Å²) in [5.74, 6) is 2.76. The van der Waals surface area contributed by atoms with E-state index in [0.29, 0.717) is 13.2 Å². The van der Waals surface area contributed by atoms with Crippen LogP contribution in [0.1, 0.15) is 5.76 Å². The standard InChI is InChI=1S/C18H25N3O2S.HI/c1-22-14-11-20-18(19-10-9-16-6-5-13-23-16)21-12-15-24-17-7-3-2-4-8-17;/h2-8,13H,9-12,14-15H2,1H3,(H2,19,20,21);1H. The van der Waals surface area contributed by atoms with Gasteiger partial charge in [0.05, 0.1) is 19.4 Å². The second-order valence-corrected chi connectivity index (χ2v) is 6.24. The van der Waals surface area contributed by atoms with Crippen LogP contribution in [-0.2, 0) is 11.2 Å². The molecule has 0 saturated heterocycles. The van der Waals surface area contributed by atoms with Crippen molar-refractivity contribution >= 4 is 41.7 Å². The number of hydrogen-bond acceptors (Lipinski definition) is 4. The van der Waals surface area contributed by atoms with Gasteiger partial charge in [-0.15, -0.1) is 35.7 Å². The number of thioether (sulfide) groups is 1. The van der Waals surface area contributed by atoms with Crippen LogP contribution in [-0.4, -0.2) is 45.1 Å². The van der Waals surface area contributed by atoms with Gasteiger partial charge in [0.15, 0.2) is 5.96 Å². The zero-order valence-electron chi connectivity index (χ0n) is 14.4. The maximum absolute atomic E-state index is 5.34. The Morgan fingerprint density at radius 3 is 2.64 bits per heavy atom. The number of rotatable bonds is 10. The predicted molar refractivity (Wildman–Crippen MR) is 115 cm³/mol. The van der Waals surface area contributed by atoms with Crippen LogP contribution in [0.25, 0.3) is 0 Å². The monoisotopic (exact) mass is 475 g/mol. The quantitative estimate of drug-likeness (QED) is 0.181. The van der Waals surface area contributed by atoms with Crippen molar-refractivity contribution in [3.8, 4) is 0 Å². The predicted octanol–water partition coefficient (Wildman–Crippen LogP) is 3.41. The van der Waals surface area contributed by atoms with Crippen LogP contribution in [0, 0.1) is 0 Å². The highest BCUT2D eigenvalue weighted by atomic mass is 127. The molecule has 7 heteroatoms. The fourth-order valence-corrected chi connectivity index (χ4v) is 2.83. The number of nitrogens with zero attached hydrogens (tertiary/aromatic N) is 1. The molecule has 0 aliphatic rings. The van der Waals surface area contributed by atoms with Gasteiger partial charge in [0, 0.05) is 37.3 Å². The van der Waals surface area contributed by atoms with Gasteiger partial charge in [-0.25, -0.2) is 0 Å². The van der Waals surface area contributed by atoms with E-state index in [0.717, 1.165) is 37.0 Å². The van der Waals surface area contributed by atoms with Crippen LogP contribution in [0.3, 0.4) is 0 Å². The van der Waals surface area contributed by atoms with Gasteiger partial charge in [0.25, 0.3) is 0 Å². The third kappa shape index (κ3) is 9.76. The molecule has 25 heavy (non-hydrogen) atoms. The minimum Gasteiger partial charge on any atom is -0.469 e. The molecule has 138 valence electrons. The van der Waals surface area contributed by atoms with Crippen molar-refractivity contribution in [2.75, 3.05) is 39.1 Å². The van der Waals surface area contributed by atoms with Crippen LogP contribution in [0.5, 0.6) is 0 Å². The summed E-state index contributed by atoms with van der Waals surface area (Å²) < 4.78 is 10.4. The highest BCUT2D eigenvalue weighted by Gasteiger charge is 2.00. The Morgan fingerprint density at radius 2 is 1.92 bits per heavy atom. The first-order valence-electron chi connectivity index (χ1n) is 8.10. The van der Waals surface area contributed by atoms with E-state index in [1.54, 1.807) is 13.4 Å². The van der Waals surface area contributed by atoms with Crippen molar-refractivity contribution in [2.24, 2.45) is 4.99 Å². The zero-order chi connectivity index (χ0) is 16.9. The van der Waals surface area contributed by atoms with Crippen molar-refractivity contribution in [3.63, 3.8) is 0 Å². The average molecular weight is 475 g/mol. The number of guanidine groups is 1. The lowest BCUT2D eigenvalue weighted by Gasteiger charge is -2.12. The summed E-state index contributed by atoms with van der Waals surface area (Å²) >= 11 is 1.83. The molecule has 0 amide bonds. The molecule has 0 saturated carbocycles. The van der Waals surface area contributed by atoms with Gasteiger partial charge >= 0.3 is 0 Å². The van der Waals surface area contributed by atoms with Crippen LogP contribution in [0.15, 0.2) is 63.0 Å². The Balaban J connectivity index is 0.00000312. The van der Waals surface area contributed by atoms with Gasteiger partial charge in [0.1, 0.15) is 5.76 Å². The summed E-state index contributed by atoms with van der Waals surface area (Å²) in [5, 5.41) is 6.69. The van der Waals surface area contributed by atoms with Crippen LogP contribution >= 0.6 is 35.7 Å². The molecule has 1 heterocycles. The molecule has 0 spiro atoms. The molecule has 5 nitrogen and oxygen atoms in total. The van der Waals surface area contributed by atoms with Gasteiger partial charge in [0.2, 0.25) is 0 Å². The minimum atomic E-state index is 0. The van der Waals surface area contributed by atoms with Crippen molar-refractivity contribution in [1.82, 2.24) is 10.6 Å². The van der Waals surface area contributed by atoms with Gasteiger partial charge in [-0.1, -0.05) is 18.2 Å². The maximum Gasteiger partial charge on any atom is 0.191 e. The summed E-state index contributed by atoms with van der Waals surface area (Å²) in [6.07, 6.45) is 2.53. The third-order valence-corrected chi connectivity index (χ3v) is 4.23. The number of methoxy groups -OCH3 is 1. The lowest BCUT2D eigenvalue weighted by atomic mass is 10.3. The molecule has 1 aromatic carbocycles. The summed E-state index contributed by atoms with van der Waals surface area (Å²) in [6, 6.07) is 14.3. The Kier molecular flexibility index (Phi) is 12.3. The van der Waals surface area contributed by atoms with E-state index in [9.17, 15) is 0 Å². The van der Waals surface area contributed by atoms with Gasteiger partial charge in [-0.2, -0.15) is 0 Å². The molecule has 2 N–H and O–H groups in total. The second kappa shape index (κ2) is 14.0. The summed E-state index contributed by atoms with van der Waals surface area (Å²) in [6.45, 7) is 2.87. The first-order chi connectivity index (χ1) is 11.9. The first kappa shape index (κ1) is 21.9. The van der Waals surface area contributed by atoms with Crippen LogP contribution in [0.2, 0.25) is 0 Å². The van der Waals surface area contributed by atoms with Crippen molar-refractivity contribution in [2.45, 2.75) is 11.3 Å². The van der Waals surface area contributed by atoms with E-state index in [1.165, 1.54) is 4.90 Å². The molecular formula is C18H26IN3O2S. The Labute approximate surface area is 171 Å². The molecular weight excluding hydrogens is 449 g/mol. The number of aliphatic imine (C=N–C) groups is 1. The molecule has 2 aromatic rings. The number of furan rings is 1. The van der Waals surface area contributed by atoms with Gasteiger partial charge in [-0.05, 0) is 24.3 Å². The highest BCUT2D eigenvalue weighted by Crippen LogP contribution is 2.15. The van der Waals surface area contributed by atoms with Crippen molar-refractivity contribution in [3.05, 3.63) is 54.5 Å². The van der Waals surface area contributed by atoms with Crippen LogP contribution in [0.4, 0.5) is 0 Å². The molecule has 2 rings (SSSR count). The fourth-order valence-electron chi connectivity index (χ4n) is 2.04. The molecule has 0 radical (unpaired) electrons. The normalized spacial score (nSPS) is 11.0. The van der Waals surface area contributed by atoms with Gasteiger partial charge in [-0.3, -0.25) is 4.99 Å². The number of hydrogen-bond donors (Lipinski definition) is 2. The topological polar surface area (TPSA) is 58.8 Å². The largest absolute Gasteiger partial charge is 0.469 e. The van der Waals surface area contributed by atoms with Crippen molar-refractivity contribution < 1.29 is 9.15 Å². The SMILES string of the molecule is COCCN=C(NCCSc1ccccc1)NCCc1ccco1.I. The molecule has 0 bridgehead atoms. The van der Waals surface area contributed by atoms with Gasteiger partial charge < -0.3 is 19.8 Å². The highest BCUT2D eigenvalue weighted by molar-refractivity contribution is 14.0.